The molecular formula is C13H18N2O3. The molecule has 5 heteroatoms. The summed E-state index contributed by atoms with van der Waals surface area (Å²) >= 11 is 0. The largest absolute Gasteiger partial charge is 0.493 e. The van der Waals surface area contributed by atoms with Crippen LogP contribution in [0.5, 0.6) is 5.88 Å². The number of H-pyrrole nitrogens is 1. The standard InChI is InChI=1S/C13H18N2O3/c1-6(2)10-12(16)14-11(15-13(10)17)8-5-7-3-4-9(8)18-7/h6-9H,3-5H2,1-2H3,(H2,14,15,16,17). The van der Waals surface area contributed by atoms with Gasteiger partial charge in [0.05, 0.1) is 17.8 Å². The summed E-state index contributed by atoms with van der Waals surface area (Å²) in [5.41, 5.74) is 0.137. The van der Waals surface area contributed by atoms with E-state index in [9.17, 15) is 9.90 Å². The lowest BCUT2D eigenvalue weighted by Gasteiger charge is -2.18. The Labute approximate surface area is 105 Å². The monoisotopic (exact) mass is 250 g/mol. The first-order valence-electron chi connectivity index (χ1n) is 6.54. The Balaban J connectivity index is 1.97. The average molecular weight is 250 g/mol. The molecule has 2 N–H and O–H groups in total. The molecule has 0 spiro atoms. The highest BCUT2D eigenvalue weighted by atomic mass is 16.5. The topological polar surface area (TPSA) is 75.2 Å². The molecule has 2 saturated heterocycles. The van der Waals surface area contributed by atoms with Crippen LogP contribution >= 0.6 is 0 Å². The van der Waals surface area contributed by atoms with Gasteiger partial charge in [-0.15, -0.1) is 0 Å². The number of aromatic hydroxyl groups is 1. The van der Waals surface area contributed by atoms with Crippen molar-refractivity contribution in [1.82, 2.24) is 9.97 Å². The van der Waals surface area contributed by atoms with Gasteiger partial charge in [0.2, 0.25) is 5.88 Å². The van der Waals surface area contributed by atoms with Crippen LogP contribution in [0.2, 0.25) is 0 Å². The Morgan fingerprint density at radius 2 is 2.22 bits per heavy atom. The summed E-state index contributed by atoms with van der Waals surface area (Å²) in [6, 6.07) is 0. The van der Waals surface area contributed by atoms with E-state index in [0.29, 0.717) is 17.5 Å². The van der Waals surface area contributed by atoms with Crippen molar-refractivity contribution in [3.8, 4) is 5.88 Å². The van der Waals surface area contributed by atoms with Gasteiger partial charge in [0.25, 0.3) is 5.56 Å². The van der Waals surface area contributed by atoms with E-state index in [2.05, 4.69) is 9.97 Å². The SMILES string of the molecule is CC(C)c1c(O)nc(C2CC3CCC2O3)[nH]c1=O. The Bertz CT molecular complexity index is 523. The zero-order valence-electron chi connectivity index (χ0n) is 10.6. The second-order valence-corrected chi connectivity index (χ2v) is 5.56. The van der Waals surface area contributed by atoms with Crippen LogP contribution in [0, 0.1) is 0 Å². The zero-order chi connectivity index (χ0) is 12.9. The molecule has 3 atom stereocenters. The molecule has 2 aliphatic heterocycles. The third kappa shape index (κ3) is 1.73. The van der Waals surface area contributed by atoms with Gasteiger partial charge in [-0.25, -0.2) is 0 Å². The van der Waals surface area contributed by atoms with Crippen molar-refractivity contribution >= 4 is 0 Å². The maximum Gasteiger partial charge on any atom is 0.258 e. The van der Waals surface area contributed by atoms with Crippen LogP contribution in [0.3, 0.4) is 0 Å². The van der Waals surface area contributed by atoms with Gasteiger partial charge in [-0.05, 0) is 25.2 Å². The van der Waals surface area contributed by atoms with E-state index in [1.54, 1.807) is 0 Å². The minimum absolute atomic E-state index is 0.0356. The molecule has 98 valence electrons. The Morgan fingerprint density at radius 3 is 2.72 bits per heavy atom. The second kappa shape index (κ2) is 4.09. The number of nitrogens with zero attached hydrogens (tertiary/aromatic N) is 1. The molecule has 3 heterocycles. The summed E-state index contributed by atoms with van der Waals surface area (Å²) in [5.74, 6) is 0.538. The van der Waals surface area contributed by atoms with Crippen LogP contribution < -0.4 is 5.56 Å². The lowest BCUT2D eigenvalue weighted by atomic mass is 9.88. The maximum atomic E-state index is 12.0. The van der Waals surface area contributed by atoms with Crippen molar-refractivity contribution in [1.29, 1.82) is 0 Å². The first-order chi connectivity index (χ1) is 8.56. The van der Waals surface area contributed by atoms with E-state index in [0.717, 1.165) is 19.3 Å². The van der Waals surface area contributed by atoms with E-state index in [1.165, 1.54) is 0 Å². The van der Waals surface area contributed by atoms with Gasteiger partial charge in [0, 0.05) is 5.92 Å². The number of rotatable bonds is 2. The van der Waals surface area contributed by atoms with E-state index in [1.807, 2.05) is 13.8 Å². The fraction of sp³-hybridized carbons (Fsp3) is 0.692. The molecule has 3 rings (SSSR count). The van der Waals surface area contributed by atoms with Gasteiger partial charge in [-0.3, -0.25) is 4.79 Å². The van der Waals surface area contributed by atoms with Gasteiger partial charge in [0.1, 0.15) is 5.82 Å². The molecular weight excluding hydrogens is 232 g/mol. The molecule has 0 amide bonds. The molecule has 1 aromatic heterocycles. The molecule has 2 fully saturated rings. The highest BCUT2D eigenvalue weighted by Gasteiger charge is 2.43. The molecule has 18 heavy (non-hydrogen) atoms. The zero-order valence-corrected chi connectivity index (χ0v) is 10.6. The van der Waals surface area contributed by atoms with Crippen LogP contribution in [0.15, 0.2) is 4.79 Å². The fourth-order valence-electron chi connectivity index (χ4n) is 3.11. The van der Waals surface area contributed by atoms with Crippen LogP contribution in [0.4, 0.5) is 0 Å². The smallest absolute Gasteiger partial charge is 0.258 e. The summed E-state index contributed by atoms with van der Waals surface area (Å²) < 4.78 is 5.75. The van der Waals surface area contributed by atoms with Gasteiger partial charge in [-0.1, -0.05) is 13.8 Å². The molecule has 0 radical (unpaired) electrons. The summed E-state index contributed by atoms with van der Waals surface area (Å²) in [6.45, 7) is 3.73. The number of ether oxygens (including phenoxy) is 1. The molecule has 3 unspecified atom stereocenters. The Morgan fingerprint density at radius 1 is 1.44 bits per heavy atom. The summed E-state index contributed by atoms with van der Waals surface area (Å²) in [4.78, 5) is 19.0. The molecule has 0 aliphatic carbocycles. The average Bonchev–Trinajstić information content (AvgIpc) is 2.88. The van der Waals surface area contributed by atoms with Crippen molar-refractivity contribution in [2.45, 2.75) is 57.2 Å². The predicted octanol–water partition coefficient (Wildman–Crippen LogP) is 1.63. The Hall–Kier alpha value is -1.36. The van der Waals surface area contributed by atoms with E-state index < -0.39 is 0 Å². The number of nitrogens with one attached hydrogen (secondary N) is 1. The predicted molar refractivity (Wildman–Crippen MR) is 65.9 cm³/mol. The molecule has 5 nitrogen and oxygen atoms in total. The van der Waals surface area contributed by atoms with Crippen molar-refractivity contribution in [3.05, 3.63) is 21.7 Å². The lowest BCUT2D eigenvalue weighted by Crippen LogP contribution is -2.23. The Kier molecular flexibility index (Phi) is 2.66. The van der Waals surface area contributed by atoms with Crippen LogP contribution in [0.1, 0.15) is 56.3 Å². The first kappa shape index (κ1) is 11.7. The lowest BCUT2D eigenvalue weighted by molar-refractivity contribution is 0.0998. The number of aromatic nitrogens is 2. The third-order valence-corrected chi connectivity index (χ3v) is 3.99. The van der Waals surface area contributed by atoms with Crippen molar-refractivity contribution in [3.63, 3.8) is 0 Å². The van der Waals surface area contributed by atoms with E-state index in [4.69, 9.17) is 4.74 Å². The van der Waals surface area contributed by atoms with Crippen molar-refractivity contribution in [2.24, 2.45) is 0 Å². The molecule has 2 aliphatic rings. The summed E-state index contributed by atoms with van der Waals surface area (Å²) in [6.07, 6.45) is 3.47. The van der Waals surface area contributed by atoms with Gasteiger partial charge >= 0.3 is 0 Å². The van der Waals surface area contributed by atoms with E-state index in [-0.39, 0.29) is 29.4 Å². The second-order valence-electron chi connectivity index (χ2n) is 5.56. The van der Waals surface area contributed by atoms with Gasteiger partial charge in [0.15, 0.2) is 0 Å². The van der Waals surface area contributed by atoms with Crippen molar-refractivity contribution in [2.75, 3.05) is 0 Å². The normalized spacial score (nSPS) is 30.3. The number of fused-ring (bicyclic) bond motifs is 2. The van der Waals surface area contributed by atoms with Crippen molar-refractivity contribution < 1.29 is 9.84 Å². The highest BCUT2D eigenvalue weighted by Crippen LogP contribution is 2.43. The summed E-state index contributed by atoms with van der Waals surface area (Å²) in [5, 5.41) is 9.90. The molecule has 0 saturated carbocycles. The number of aromatic amines is 1. The fourth-order valence-corrected chi connectivity index (χ4v) is 3.11. The summed E-state index contributed by atoms with van der Waals surface area (Å²) in [7, 11) is 0. The maximum absolute atomic E-state index is 12.0. The van der Waals surface area contributed by atoms with Gasteiger partial charge < -0.3 is 14.8 Å². The molecule has 2 bridgehead atoms. The highest BCUT2D eigenvalue weighted by molar-refractivity contribution is 5.27. The first-order valence-corrected chi connectivity index (χ1v) is 6.54. The molecule has 0 aromatic carbocycles. The number of hydrogen-bond donors (Lipinski definition) is 2. The van der Waals surface area contributed by atoms with Crippen LogP contribution in [-0.2, 0) is 4.74 Å². The minimum atomic E-state index is -0.227. The quantitative estimate of drug-likeness (QED) is 0.836. The van der Waals surface area contributed by atoms with Crippen LogP contribution in [-0.4, -0.2) is 27.3 Å². The minimum Gasteiger partial charge on any atom is -0.493 e. The molecule has 1 aromatic rings. The number of hydrogen-bond acceptors (Lipinski definition) is 4. The van der Waals surface area contributed by atoms with Gasteiger partial charge in [-0.2, -0.15) is 4.98 Å². The van der Waals surface area contributed by atoms with Crippen LogP contribution in [0.25, 0.3) is 0 Å². The third-order valence-electron chi connectivity index (χ3n) is 3.99. The van der Waals surface area contributed by atoms with E-state index >= 15 is 0 Å².